The normalized spacial score (nSPS) is 13.3. The predicted molar refractivity (Wildman–Crippen MR) is 152 cm³/mol. The topological polar surface area (TPSA) is 150 Å². The average Bonchev–Trinajstić information content (AvgIpc) is 2.82. The molecule has 11 nitrogen and oxygen atoms in total. The third kappa shape index (κ3) is 19.8. The molecular formula is C28H56N4O7. The lowest BCUT2D eigenvalue weighted by Crippen LogP contribution is -2.49. The zero-order valence-corrected chi connectivity index (χ0v) is 25.9. The van der Waals surface area contributed by atoms with Crippen LogP contribution >= 0.6 is 0 Å². The van der Waals surface area contributed by atoms with Gasteiger partial charge < -0.3 is 40.6 Å². The smallest absolute Gasteiger partial charge is 0.246 e. The van der Waals surface area contributed by atoms with Crippen LogP contribution in [0.4, 0.5) is 0 Å². The van der Waals surface area contributed by atoms with E-state index in [9.17, 15) is 14.4 Å². The van der Waals surface area contributed by atoms with Crippen molar-refractivity contribution in [3.63, 3.8) is 0 Å². The van der Waals surface area contributed by atoms with E-state index in [1.807, 2.05) is 62.3 Å². The first-order chi connectivity index (χ1) is 18.0. The van der Waals surface area contributed by atoms with Crippen LogP contribution in [-0.4, -0.2) is 92.7 Å². The molecule has 0 rings (SSSR count). The second kappa shape index (κ2) is 18.5. The number of hydrogen-bond donors (Lipinski definition) is 4. The highest BCUT2D eigenvalue weighted by atomic mass is 16.6. The SMILES string of the molecule is CCOC(C)(C)CCNC(=O)CC[C@@H](NC(=O)COC(C)C)C(=O)NCCC(C)(C)OCC(C)(C)OCCN. The van der Waals surface area contributed by atoms with Crippen LogP contribution < -0.4 is 21.7 Å². The maximum Gasteiger partial charge on any atom is 0.246 e. The summed E-state index contributed by atoms with van der Waals surface area (Å²) in [6.07, 6.45) is 1.33. The molecule has 230 valence electrons. The largest absolute Gasteiger partial charge is 0.376 e. The first kappa shape index (κ1) is 37.2. The average molecular weight is 561 g/mol. The van der Waals surface area contributed by atoms with Crippen molar-refractivity contribution in [1.82, 2.24) is 16.0 Å². The van der Waals surface area contributed by atoms with Crippen molar-refractivity contribution >= 4 is 17.7 Å². The standard InChI is InChI=1S/C28H56N4O7/c1-10-37-26(4,5)13-16-30-23(33)12-11-22(32-24(34)19-36-21(2)3)25(35)31-17-14-27(6,7)39-20-28(8,9)38-18-15-29/h21-22H,10-20,29H2,1-9H3,(H,30,33)(H,31,35)(H,32,34)/t22-/m1/s1. The second-order valence-corrected chi connectivity index (χ2v) is 11.8. The van der Waals surface area contributed by atoms with Gasteiger partial charge in [-0.15, -0.1) is 0 Å². The Bertz CT molecular complexity index is 727. The van der Waals surface area contributed by atoms with Crippen molar-refractivity contribution in [1.29, 1.82) is 0 Å². The lowest BCUT2D eigenvalue weighted by Gasteiger charge is -2.32. The molecule has 11 heteroatoms. The molecule has 3 amide bonds. The van der Waals surface area contributed by atoms with E-state index in [1.165, 1.54) is 0 Å². The van der Waals surface area contributed by atoms with Gasteiger partial charge in [-0.1, -0.05) is 0 Å². The number of amides is 3. The molecule has 0 bridgehead atoms. The number of nitrogens with two attached hydrogens (primary N) is 1. The number of hydrogen-bond acceptors (Lipinski definition) is 8. The minimum atomic E-state index is -0.869. The highest BCUT2D eigenvalue weighted by Crippen LogP contribution is 2.19. The quantitative estimate of drug-likeness (QED) is 0.157. The maximum absolute atomic E-state index is 13.0. The molecule has 5 N–H and O–H groups in total. The van der Waals surface area contributed by atoms with E-state index in [4.69, 9.17) is 24.7 Å². The van der Waals surface area contributed by atoms with Crippen molar-refractivity contribution in [2.45, 2.75) is 117 Å². The molecule has 1 atom stereocenters. The molecule has 0 saturated carbocycles. The second-order valence-electron chi connectivity index (χ2n) is 11.8. The van der Waals surface area contributed by atoms with E-state index in [0.717, 1.165) is 0 Å². The first-order valence-corrected chi connectivity index (χ1v) is 14.1. The number of rotatable bonds is 22. The Balaban J connectivity index is 4.89. The number of carbonyl (C=O) groups excluding carboxylic acids is 3. The Morgan fingerprint density at radius 1 is 0.821 bits per heavy atom. The van der Waals surface area contributed by atoms with Gasteiger partial charge in [0.1, 0.15) is 12.6 Å². The Hall–Kier alpha value is -1.79. The van der Waals surface area contributed by atoms with Crippen LogP contribution in [0.5, 0.6) is 0 Å². The molecule has 0 aliphatic carbocycles. The summed E-state index contributed by atoms with van der Waals surface area (Å²) < 4.78 is 22.8. The fraction of sp³-hybridized carbons (Fsp3) is 0.893. The Kier molecular flexibility index (Phi) is 17.7. The van der Waals surface area contributed by atoms with Crippen LogP contribution in [0.2, 0.25) is 0 Å². The van der Waals surface area contributed by atoms with Gasteiger partial charge in [0.2, 0.25) is 17.7 Å². The minimum absolute atomic E-state index is 0.0882. The fourth-order valence-electron chi connectivity index (χ4n) is 3.50. The van der Waals surface area contributed by atoms with Crippen molar-refractivity contribution in [3.05, 3.63) is 0 Å². The predicted octanol–water partition coefficient (Wildman–Crippen LogP) is 2.05. The van der Waals surface area contributed by atoms with Gasteiger partial charge >= 0.3 is 0 Å². The maximum atomic E-state index is 13.0. The molecule has 0 unspecified atom stereocenters. The van der Waals surface area contributed by atoms with Crippen LogP contribution in [0.1, 0.15) is 88.0 Å². The van der Waals surface area contributed by atoms with E-state index in [0.29, 0.717) is 52.3 Å². The summed E-state index contributed by atoms with van der Waals surface area (Å²) in [6, 6.07) is -0.869. The number of carbonyl (C=O) groups is 3. The minimum Gasteiger partial charge on any atom is -0.376 e. The zero-order valence-electron chi connectivity index (χ0n) is 25.9. The third-order valence-corrected chi connectivity index (χ3v) is 5.89. The van der Waals surface area contributed by atoms with Gasteiger partial charge in [0.25, 0.3) is 0 Å². The van der Waals surface area contributed by atoms with Gasteiger partial charge in [0.15, 0.2) is 0 Å². The molecule has 0 aromatic heterocycles. The van der Waals surface area contributed by atoms with Crippen LogP contribution in [-0.2, 0) is 33.3 Å². The molecule has 0 aromatic carbocycles. The lowest BCUT2D eigenvalue weighted by molar-refractivity contribution is -0.133. The molecular weight excluding hydrogens is 504 g/mol. The van der Waals surface area contributed by atoms with E-state index >= 15 is 0 Å². The van der Waals surface area contributed by atoms with Gasteiger partial charge in [-0.2, -0.15) is 0 Å². The molecule has 0 saturated heterocycles. The highest BCUT2D eigenvalue weighted by molar-refractivity contribution is 5.88. The summed E-state index contributed by atoms with van der Waals surface area (Å²) >= 11 is 0. The van der Waals surface area contributed by atoms with Gasteiger partial charge in [-0.25, -0.2) is 0 Å². The summed E-state index contributed by atoms with van der Waals surface area (Å²) in [5.74, 6) is -0.964. The van der Waals surface area contributed by atoms with E-state index in [1.54, 1.807) is 0 Å². The Morgan fingerprint density at radius 2 is 1.41 bits per heavy atom. The van der Waals surface area contributed by atoms with Crippen molar-refractivity contribution in [2.24, 2.45) is 5.73 Å². The fourth-order valence-corrected chi connectivity index (χ4v) is 3.50. The van der Waals surface area contributed by atoms with Crippen LogP contribution in [0.15, 0.2) is 0 Å². The molecule has 0 heterocycles. The third-order valence-electron chi connectivity index (χ3n) is 5.89. The molecule has 0 spiro atoms. The Labute approximate surface area is 236 Å². The van der Waals surface area contributed by atoms with Gasteiger partial charge in [-0.3, -0.25) is 14.4 Å². The van der Waals surface area contributed by atoms with Crippen LogP contribution in [0.25, 0.3) is 0 Å². The van der Waals surface area contributed by atoms with E-state index < -0.39 is 23.2 Å². The van der Waals surface area contributed by atoms with Crippen molar-refractivity contribution in [2.75, 3.05) is 46.1 Å². The Morgan fingerprint density at radius 3 is 1.97 bits per heavy atom. The van der Waals surface area contributed by atoms with Crippen molar-refractivity contribution < 1.29 is 33.3 Å². The van der Waals surface area contributed by atoms with E-state index in [-0.39, 0.29) is 43.0 Å². The van der Waals surface area contributed by atoms with Gasteiger partial charge in [0, 0.05) is 32.7 Å². The molecule has 39 heavy (non-hydrogen) atoms. The summed E-state index contributed by atoms with van der Waals surface area (Å²) in [5, 5.41) is 8.44. The molecule has 0 fully saturated rings. The summed E-state index contributed by atoms with van der Waals surface area (Å²) in [6.45, 7) is 19.8. The van der Waals surface area contributed by atoms with Crippen LogP contribution in [0, 0.1) is 0 Å². The van der Waals surface area contributed by atoms with Crippen molar-refractivity contribution in [3.8, 4) is 0 Å². The summed E-state index contributed by atoms with van der Waals surface area (Å²) in [4.78, 5) is 37.8. The zero-order chi connectivity index (χ0) is 30.1. The van der Waals surface area contributed by atoms with Crippen LogP contribution in [0.3, 0.4) is 0 Å². The van der Waals surface area contributed by atoms with E-state index in [2.05, 4.69) is 16.0 Å². The lowest BCUT2D eigenvalue weighted by atomic mass is 10.0. The first-order valence-electron chi connectivity index (χ1n) is 14.1. The summed E-state index contributed by atoms with van der Waals surface area (Å²) in [7, 11) is 0. The summed E-state index contributed by atoms with van der Waals surface area (Å²) in [5.41, 5.74) is 4.18. The monoisotopic (exact) mass is 560 g/mol. The molecule has 0 aromatic rings. The number of nitrogens with one attached hydrogen (secondary N) is 3. The molecule has 0 aliphatic heterocycles. The molecule has 0 aliphatic rings. The highest BCUT2D eigenvalue weighted by Gasteiger charge is 2.27. The van der Waals surface area contributed by atoms with Gasteiger partial charge in [0.05, 0.1) is 36.1 Å². The number of ether oxygens (including phenoxy) is 4. The molecule has 0 radical (unpaired) electrons. The van der Waals surface area contributed by atoms with Gasteiger partial charge in [-0.05, 0) is 81.6 Å².